The van der Waals surface area contributed by atoms with Crippen LogP contribution in [0.4, 0.5) is 0 Å². The van der Waals surface area contributed by atoms with Crippen LogP contribution in [-0.2, 0) is 14.8 Å². The fraction of sp³-hybridized carbons (Fsp3) is 0.455. The molecule has 0 amide bonds. The lowest BCUT2D eigenvalue weighted by Gasteiger charge is -2.19. The van der Waals surface area contributed by atoms with E-state index in [1.807, 2.05) is 0 Å². The summed E-state index contributed by atoms with van der Waals surface area (Å²) in [6.45, 7) is 5.05. The number of rotatable bonds is 3. The first-order valence-corrected chi connectivity index (χ1v) is 7.34. The first-order valence-electron chi connectivity index (χ1n) is 5.50. The van der Waals surface area contributed by atoms with Crippen LogP contribution in [0.1, 0.15) is 20.8 Å². The second-order valence-electron chi connectivity index (χ2n) is 4.47. The Kier molecular flexibility index (Phi) is 4.28. The maximum atomic E-state index is 11.9. The van der Waals surface area contributed by atoms with E-state index in [4.69, 9.17) is 5.53 Å². The monoisotopic (exact) mass is 282 g/mol. The van der Waals surface area contributed by atoms with E-state index < -0.39 is 15.8 Å². The van der Waals surface area contributed by atoms with Gasteiger partial charge in [-0.1, -0.05) is 19.0 Å². The zero-order chi connectivity index (χ0) is 14.8. The van der Waals surface area contributed by atoms with Gasteiger partial charge in [0, 0.05) is 4.91 Å². The summed E-state index contributed by atoms with van der Waals surface area (Å²) in [5.41, 5.74) is 9.23. The molecule has 0 fully saturated rings. The molecule has 0 aromatic heterocycles. The molecular formula is C11H14N4O3S. The molecule has 19 heavy (non-hydrogen) atoms. The topological polar surface area (TPSA) is 112 Å². The van der Waals surface area contributed by atoms with Crippen LogP contribution in [0.25, 0.3) is 10.4 Å². The van der Waals surface area contributed by atoms with Crippen LogP contribution in [0.2, 0.25) is 0 Å². The highest BCUT2D eigenvalue weighted by atomic mass is 32.2. The van der Waals surface area contributed by atoms with Gasteiger partial charge in [-0.15, -0.1) is 0 Å². The highest BCUT2D eigenvalue weighted by Gasteiger charge is 2.26. The fourth-order valence-electron chi connectivity index (χ4n) is 1.75. The molecule has 0 N–H and O–H groups in total. The van der Waals surface area contributed by atoms with Crippen molar-refractivity contribution in [3.05, 3.63) is 33.4 Å². The minimum atomic E-state index is -3.61. The molecule has 0 radical (unpaired) electrons. The minimum absolute atomic E-state index is 0.0834. The van der Waals surface area contributed by atoms with E-state index in [-0.39, 0.29) is 22.9 Å². The van der Waals surface area contributed by atoms with E-state index in [0.717, 1.165) is 6.26 Å². The minimum Gasteiger partial charge on any atom is -0.289 e. The Morgan fingerprint density at radius 3 is 2.37 bits per heavy atom. The number of allylic oxidation sites excluding steroid dienone is 3. The summed E-state index contributed by atoms with van der Waals surface area (Å²) in [6.07, 6.45) is 2.36. The number of sulfonamides is 1. The molecule has 8 heteroatoms. The normalized spacial score (nSPS) is 18.7. The van der Waals surface area contributed by atoms with Crippen molar-refractivity contribution in [1.29, 1.82) is 0 Å². The summed E-state index contributed by atoms with van der Waals surface area (Å²) < 4.78 is 26.2. The van der Waals surface area contributed by atoms with E-state index in [1.54, 1.807) is 13.8 Å². The molecule has 0 unspecified atom stereocenters. The van der Waals surface area contributed by atoms with E-state index in [2.05, 4.69) is 14.4 Å². The second kappa shape index (κ2) is 5.38. The van der Waals surface area contributed by atoms with Crippen molar-refractivity contribution in [2.24, 2.45) is 15.4 Å². The molecule has 0 saturated carbocycles. The van der Waals surface area contributed by atoms with Crippen molar-refractivity contribution in [3.63, 3.8) is 0 Å². The Labute approximate surface area is 111 Å². The standard InChI is InChI=1S/C11H14N4O3S/c1-6(2)9-8(14-19(4,17)18)5-7(3)11(16)10(9)13-15-12/h5-6H,1-4H3. The van der Waals surface area contributed by atoms with Crippen LogP contribution in [-0.4, -0.2) is 26.2 Å². The van der Waals surface area contributed by atoms with E-state index >= 15 is 0 Å². The number of nitrogens with zero attached hydrogens (tertiary/aromatic N) is 4. The van der Waals surface area contributed by atoms with Gasteiger partial charge in [-0.3, -0.25) is 4.79 Å². The van der Waals surface area contributed by atoms with Gasteiger partial charge >= 0.3 is 0 Å². The highest BCUT2D eigenvalue weighted by Crippen LogP contribution is 2.27. The number of hydrogen-bond acceptors (Lipinski definition) is 4. The Balaban J connectivity index is 3.67. The molecule has 102 valence electrons. The summed E-state index contributed by atoms with van der Waals surface area (Å²) in [5.74, 6) is -0.608. The summed E-state index contributed by atoms with van der Waals surface area (Å²) >= 11 is 0. The maximum absolute atomic E-state index is 11.9. The summed E-state index contributed by atoms with van der Waals surface area (Å²) in [4.78, 5) is 14.6. The van der Waals surface area contributed by atoms with Crippen molar-refractivity contribution < 1.29 is 13.2 Å². The lowest BCUT2D eigenvalue weighted by molar-refractivity contribution is -0.112. The first-order chi connectivity index (χ1) is 8.67. The van der Waals surface area contributed by atoms with Gasteiger partial charge in [-0.2, -0.15) is 4.40 Å². The van der Waals surface area contributed by atoms with Crippen molar-refractivity contribution in [2.75, 3.05) is 6.26 Å². The van der Waals surface area contributed by atoms with Gasteiger partial charge in [0.2, 0.25) is 0 Å². The van der Waals surface area contributed by atoms with Crippen LogP contribution < -0.4 is 0 Å². The van der Waals surface area contributed by atoms with Crippen LogP contribution in [0.5, 0.6) is 0 Å². The SMILES string of the molecule is CC1=CC(=NS(C)(=O)=O)C(C(C)C)=C(N=[N+]=[N-])C1=O. The zero-order valence-corrected chi connectivity index (χ0v) is 11.9. The number of carbonyl (C=O) groups excluding carboxylic acids is 1. The van der Waals surface area contributed by atoms with Crippen molar-refractivity contribution >= 4 is 21.5 Å². The third-order valence-electron chi connectivity index (χ3n) is 2.44. The lowest BCUT2D eigenvalue weighted by Crippen LogP contribution is -2.21. The third kappa shape index (κ3) is 3.52. The maximum Gasteiger partial charge on any atom is 0.250 e. The molecule has 1 aliphatic rings. The van der Waals surface area contributed by atoms with Crippen LogP contribution in [0.3, 0.4) is 0 Å². The Morgan fingerprint density at radius 1 is 1.37 bits per heavy atom. The van der Waals surface area contributed by atoms with Gasteiger partial charge in [-0.05, 0) is 35.6 Å². The Morgan fingerprint density at radius 2 is 1.95 bits per heavy atom. The predicted octanol–water partition coefficient (Wildman–Crippen LogP) is 2.14. The molecule has 0 aromatic rings. The molecular weight excluding hydrogens is 268 g/mol. The number of hydrogen-bond donors (Lipinski definition) is 0. The molecule has 1 rings (SSSR count). The molecule has 0 atom stereocenters. The van der Waals surface area contributed by atoms with E-state index in [0.29, 0.717) is 5.57 Å². The Bertz CT molecular complexity index is 662. The van der Waals surface area contributed by atoms with E-state index in [9.17, 15) is 13.2 Å². The van der Waals surface area contributed by atoms with Crippen molar-refractivity contribution in [1.82, 2.24) is 0 Å². The molecule has 7 nitrogen and oxygen atoms in total. The van der Waals surface area contributed by atoms with Gasteiger partial charge < -0.3 is 0 Å². The average molecular weight is 282 g/mol. The average Bonchev–Trinajstić information content (AvgIpc) is 2.22. The van der Waals surface area contributed by atoms with Crippen LogP contribution >= 0.6 is 0 Å². The van der Waals surface area contributed by atoms with Gasteiger partial charge in [0.05, 0.1) is 17.7 Å². The summed E-state index contributed by atoms with van der Waals surface area (Å²) in [5, 5.41) is 3.39. The number of carbonyl (C=O) groups is 1. The fourth-order valence-corrected chi connectivity index (χ4v) is 2.25. The molecule has 0 aromatic carbocycles. The number of Topliss-reactive ketones (excluding diaryl/α,β-unsaturated/α-hetero) is 1. The third-order valence-corrected chi connectivity index (χ3v) is 2.97. The van der Waals surface area contributed by atoms with Crippen molar-refractivity contribution in [3.8, 4) is 0 Å². The summed E-state index contributed by atoms with van der Waals surface area (Å²) in [7, 11) is -3.61. The first kappa shape index (κ1) is 15.1. The lowest BCUT2D eigenvalue weighted by atomic mass is 9.88. The number of azide groups is 1. The van der Waals surface area contributed by atoms with Gasteiger partial charge in [-0.25, -0.2) is 8.42 Å². The second-order valence-corrected chi connectivity index (χ2v) is 6.12. The Hall–Kier alpha value is -1.92. The zero-order valence-electron chi connectivity index (χ0n) is 11.1. The summed E-state index contributed by atoms with van der Waals surface area (Å²) in [6, 6.07) is 0. The predicted molar refractivity (Wildman–Crippen MR) is 72.1 cm³/mol. The smallest absolute Gasteiger partial charge is 0.250 e. The molecule has 1 aliphatic carbocycles. The molecule has 0 spiro atoms. The van der Waals surface area contributed by atoms with Crippen LogP contribution in [0.15, 0.2) is 32.4 Å². The van der Waals surface area contributed by atoms with Gasteiger partial charge in [0.15, 0.2) is 5.78 Å². The molecule has 0 saturated heterocycles. The van der Waals surface area contributed by atoms with Crippen LogP contribution in [0, 0.1) is 5.92 Å². The van der Waals surface area contributed by atoms with E-state index in [1.165, 1.54) is 13.0 Å². The van der Waals surface area contributed by atoms with Crippen molar-refractivity contribution in [2.45, 2.75) is 20.8 Å². The highest BCUT2D eigenvalue weighted by molar-refractivity contribution is 7.89. The van der Waals surface area contributed by atoms with Gasteiger partial charge in [0.1, 0.15) is 0 Å². The molecule has 0 aliphatic heterocycles. The largest absolute Gasteiger partial charge is 0.289 e. The molecule has 0 bridgehead atoms. The van der Waals surface area contributed by atoms with Gasteiger partial charge in [0.25, 0.3) is 10.0 Å². The quantitative estimate of drug-likeness (QED) is 0.342. The number of ketones is 1. The molecule has 0 heterocycles.